The first-order valence-electron chi connectivity index (χ1n) is 4.37. The minimum atomic E-state index is -0.969. The lowest BCUT2D eigenvalue weighted by Crippen LogP contribution is -1.96. The van der Waals surface area contributed by atoms with Crippen molar-refractivity contribution in [2.75, 3.05) is 0 Å². The molecule has 4 heteroatoms. The van der Waals surface area contributed by atoms with Crippen LogP contribution in [0.4, 0.5) is 0 Å². The Morgan fingerprint density at radius 3 is 2.40 bits per heavy atom. The first-order valence-corrected chi connectivity index (χ1v) is 4.37. The smallest absolute Gasteiger partial charge is 0.337 e. The van der Waals surface area contributed by atoms with Gasteiger partial charge in [-0.25, -0.2) is 4.79 Å². The van der Waals surface area contributed by atoms with Crippen molar-refractivity contribution < 1.29 is 9.90 Å². The van der Waals surface area contributed by atoms with Crippen molar-refractivity contribution in [3.63, 3.8) is 0 Å². The van der Waals surface area contributed by atoms with Gasteiger partial charge in [-0.05, 0) is 24.3 Å². The van der Waals surface area contributed by atoms with Gasteiger partial charge < -0.3 is 5.11 Å². The average molecular weight is 200 g/mol. The van der Waals surface area contributed by atoms with Crippen LogP contribution < -0.4 is 0 Å². The van der Waals surface area contributed by atoms with Gasteiger partial charge in [0.05, 0.1) is 11.3 Å². The summed E-state index contributed by atoms with van der Waals surface area (Å²) >= 11 is 0. The molecule has 0 aliphatic heterocycles. The molecule has 0 atom stereocenters. The molecule has 0 aliphatic rings. The summed E-state index contributed by atoms with van der Waals surface area (Å²) < 4.78 is 0. The first kappa shape index (κ1) is 9.33. The molecule has 1 N–H and O–H groups in total. The highest BCUT2D eigenvalue weighted by Crippen LogP contribution is 2.15. The van der Waals surface area contributed by atoms with Gasteiger partial charge in [0.2, 0.25) is 0 Å². The topological polar surface area (TPSA) is 63.1 Å². The molecule has 0 amide bonds. The van der Waals surface area contributed by atoms with Crippen molar-refractivity contribution >= 4 is 5.97 Å². The van der Waals surface area contributed by atoms with Crippen LogP contribution in [-0.2, 0) is 0 Å². The van der Waals surface area contributed by atoms with Crippen LogP contribution in [0.15, 0.2) is 42.9 Å². The van der Waals surface area contributed by atoms with Gasteiger partial charge in [0.15, 0.2) is 0 Å². The van der Waals surface area contributed by atoms with Crippen molar-refractivity contribution in [1.29, 1.82) is 0 Å². The number of carboxylic acids is 1. The molecule has 74 valence electrons. The highest BCUT2D eigenvalue weighted by molar-refractivity contribution is 5.87. The second-order valence-electron chi connectivity index (χ2n) is 2.97. The van der Waals surface area contributed by atoms with Crippen LogP contribution in [0.1, 0.15) is 10.4 Å². The van der Waals surface area contributed by atoms with Gasteiger partial charge in [-0.1, -0.05) is 0 Å². The quantitative estimate of drug-likeness (QED) is 0.803. The Bertz CT molecular complexity index is 466. The Kier molecular flexibility index (Phi) is 2.41. The Morgan fingerprint density at radius 1 is 1.13 bits per heavy atom. The standard InChI is InChI=1S/C11H8N2O2/c14-11(15)9-1-2-10(13-7-9)8-3-5-12-6-4-8/h1-7H,(H,14,15). The number of carboxylic acid groups (broad SMARTS) is 1. The molecule has 0 saturated heterocycles. The summed E-state index contributed by atoms with van der Waals surface area (Å²) in [6, 6.07) is 6.86. The third-order valence-electron chi connectivity index (χ3n) is 1.99. The Hall–Kier alpha value is -2.23. The van der Waals surface area contributed by atoms with Gasteiger partial charge in [-0.3, -0.25) is 9.97 Å². The minimum Gasteiger partial charge on any atom is -0.478 e. The number of aromatic carboxylic acids is 1. The van der Waals surface area contributed by atoms with E-state index in [2.05, 4.69) is 9.97 Å². The number of hydrogen-bond donors (Lipinski definition) is 1. The molecule has 0 fully saturated rings. The second-order valence-corrected chi connectivity index (χ2v) is 2.97. The van der Waals surface area contributed by atoms with Gasteiger partial charge in [-0.2, -0.15) is 0 Å². The summed E-state index contributed by atoms with van der Waals surface area (Å²) in [6.07, 6.45) is 4.68. The molecule has 2 rings (SSSR count). The minimum absolute atomic E-state index is 0.188. The lowest BCUT2D eigenvalue weighted by molar-refractivity contribution is 0.0696. The second kappa shape index (κ2) is 3.88. The maximum atomic E-state index is 10.6. The number of nitrogens with zero attached hydrogens (tertiary/aromatic N) is 2. The highest BCUT2D eigenvalue weighted by atomic mass is 16.4. The molecule has 0 spiro atoms. The fourth-order valence-corrected chi connectivity index (χ4v) is 1.21. The number of carbonyl (C=O) groups is 1. The Balaban J connectivity index is 2.36. The van der Waals surface area contributed by atoms with Gasteiger partial charge in [-0.15, -0.1) is 0 Å². The maximum absolute atomic E-state index is 10.6. The van der Waals surface area contributed by atoms with E-state index >= 15 is 0 Å². The summed E-state index contributed by atoms with van der Waals surface area (Å²) in [6.45, 7) is 0. The van der Waals surface area contributed by atoms with Crippen molar-refractivity contribution in [2.45, 2.75) is 0 Å². The molecule has 2 aromatic heterocycles. The van der Waals surface area contributed by atoms with Crippen molar-refractivity contribution in [1.82, 2.24) is 9.97 Å². The largest absolute Gasteiger partial charge is 0.478 e. The molecule has 0 bridgehead atoms. The SMILES string of the molecule is O=C(O)c1ccc(-c2ccncc2)nc1. The zero-order valence-corrected chi connectivity index (χ0v) is 7.79. The normalized spacial score (nSPS) is 9.87. The summed E-state index contributed by atoms with van der Waals surface area (Å²) in [5.74, 6) is -0.969. The van der Waals surface area contributed by atoms with Crippen LogP contribution in [0.2, 0.25) is 0 Å². The molecule has 0 aromatic carbocycles. The average Bonchev–Trinajstić information content (AvgIpc) is 2.30. The molecular weight excluding hydrogens is 192 g/mol. The third kappa shape index (κ3) is 1.99. The fraction of sp³-hybridized carbons (Fsp3) is 0. The van der Waals surface area contributed by atoms with E-state index in [9.17, 15) is 4.79 Å². The number of hydrogen-bond acceptors (Lipinski definition) is 3. The van der Waals surface area contributed by atoms with Crippen molar-refractivity contribution in [3.05, 3.63) is 48.4 Å². The number of rotatable bonds is 2. The molecule has 15 heavy (non-hydrogen) atoms. The van der Waals surface area contributed by atoms with Gasteiger partial charge >= 0.3 is 5.97 Å². The lowest BCUT2D eigenvalue weighted by Gasteiger charge is -1.99. The van der Waals surface area contributed by atoms with Gasteiger partial charge in [0.1, 0.15) is 0 Å². The summed E-state index contributed by atoms with van der Waals surface area (Å²) in [4.78, 5) is 18.6. The van der Waals surface area contributed by atoms with E-state index in [4.69, 9.17) is 5.11 Å². The molecule has 0 radical (unpaired) electrons. The maximum Gasteiger partial charge on any atom is 0.337 e. The Labute approximate surface area is 86.2 Å². The van der Waals surface area contributed by atoms with Gasteiger partial charge in [0.25, 0.3) is 0 Å². The van der Waals surface area contributed by atoms with Crippen molar-refractivity contribution in [3.8, 4) is 11.3 Å². The van der Waals surface area contributed by atoms with E-state index in [1.807, 2.05) is 12.1 Å². The van der Waals surface area contributed by atoms with Crippen LogP contribution in [-0.4, -0.2) is 21.0 Å². The van der Waals surface area contributed by atoms with E-state index in [0.717, 1.165) is 11.3 Å². The predicted molar refractivity (Wildman–Crippen MR) is 54.4 cm³/mol. The number of aromatic nitrogens is 2. The summed E-state index contributed by atoms with van der Waals surface area (Å²) in [5, 5.41) is 8.70. The first-order chi connectivity index (χ1) is 7.27. The van der Waals surface area contributed by atoms with Gasteiger partial charge in [0, 0.05) is 24.2 Å². The number of pyridine rings is 2. The molecule has 0 saturated carbocycles. The van der Waals surface area contributed by atoms with E-state index < -0.39 is 5.97 Å². The van der Waals surface area contributed by atoms with Crippen LogP contribution in [0.25, 0.3) is 11.3 Å². The third-order valence-corrected chi connectivity index (χ3v) is 1.99. The van der Waals surface area contributed by atoms with E-state index in [1.54, 1.807) is 18.5 Å². The predicted octanol–water partition coefficient (Wildman–Crippen LogP) is 1.84. The molecule has 4 nitrogen and oxygen atoms in total. The van der Waals surface area contributed by atoms with Crippen LogP contribution >= 0.6 is 0 Å². The molecular formula is C11H8N2O2. The molecule has 0 unspecified atom stereocenters. The molecule has 2 aromatic rings. The van der Waals surface area contributed by atoms with E-state index in [-0.39, 0.29) is 5.56 Å². The Morgan fingerprint density at radius 2 is 1.87 bits per heavy atom. The molecule has 0 aliphatic carbocycles. The summed E-state index contributed by atoms with van der Waals surface area (Å²) in [7, 11) is 0. The monoisotopic (exact) mass is 200 g/mol. The zero-order chi connectivity index (χ0) is 10.7. The van der Waals surface area contributed by atoms with Crippen LogP contribution in [0, 0.1) is 0 Å². The van der Waals surface area contributed by atoms with Crippen LogP contribution in [0.5, 0.6) is 0 Å². The van der Waals surface area contributed by atoms with Crippen molar-refractivity contribution in [2.24, 2.45) is 0 Å². The van der Waals surface area contributed by atoms with Crippen LogP contribution in [0.3, 0.4) is 0 Å². The van der Waals surface area contributed by atoms with E-state index in [0.29, 0.717) is 0 Å². The zero-order valence-electron chi connectivity index (χ0n) is 7.79. The molecule has 2 heterocycles. The fourth-order valence-electron chi connectivity index (χ4n) is 1.21. The lowest BCUT2D eigenvalue weighted by atomic mass is 10.1. The van der Waals surface area contributed by atoms with E-state index in [1.165, 1.54) is 12.3 Å². The highest BCUT2D eigenvalue weighted by Gasteiger charge is 2.03. The summed E-state index contributed by atoms with van der Waals surface area (Å²) in [5.41, 5.74) is 1.84.